The lowest BCUT2D eigenvalue weighted by Crippen LogP contribution is -2.05. The summed E-state index contributed by atoms with van der Waals surface area (Å²) in [6.45, 7) is 2.05. The number of benzene rings is 1. The fourth-order valence-electron chi connectivity index (χ4n) is 2.23. The molecule has 0 radical (unpaired) electrons. The summed E-state index contributed by atoms with van der Waals surface area (Å²) in [5.41, 5.74) is 8.34. The molecule has 3 rings (SSSR count). The van der Waals surface area contributed by atoms with Gasteiger partial charge in [-0.25, -0.2) is 18.4 Å². The first kappa shape index (κ1) is 15.8. The van der Waals surface area contributed by atoms with E-state index in [0.29, 0.717) is 16.8 Å². The monoisotopic (exact) mass is 348 g/mol. The summed E-state index contributed by atoms with van der Waals surface area (Å²) >= 11 is 1.36. The molecule has 23 heavy (non-hydrogen) atoms. The SMILES string of the molecule is Cc1ccc(CCc2nc3c(S(C)(=O)=O)nc(N)nc3s2)cc1. The van der Waals surface area contributed by atoms with Gasteiger partial charge in [-0.15, -0.1) is 0 Å². The Balaban J connectivity index is 1.92. The summed E-state index contributed by atoms with van der Waals surface area (Å²) in [6.07, 6.45) is 2.64. The number of aromatic nitrogens is 3. The number of rotatable bonds is 4. The topological polar surface area (TPSA) is 98.8 Å². The fraction of sp³-hybridized carbons (Fsp3) is 0.267. The maximum Gasteiger partial charge on any atom is 0.222 e. The second kappa shape index (κ2) is 5.86. The highest BCUT2D eigenvalue weighted by molar-refractivity contribution is 7.90. The number of fused-ring (bicyclic) bond motifs is 1. The molecule has 2 heterocycles. The number of nitrogens with zero attached hydrogens (tertiary/aromatic N) is 3. The van der Waals surface area contributed by atoms with Gasteiger partial charge in [0.1, 0.15) is 5.52 Å². The molecule has 120 valence electrons. The largest absolute Gasteiger partial charge is 0.368 e. The van der Waals surface area contributed by atoms with Gasteiger partial charge in [0.15, 0.2) is 19.7 Å². The van der Waals surface area contributed by atoms with E-state index in [-0.39, 0.29) is 11.0 Å². The summed E-state index contributed by atoms with van der Waals surface area (Å²) in [5.74, 6) is -0.0494. The van der Waals surface area contributed by atoms with Gasteiger partial charge < -0.3 is 5.73 Å². The van der Waals surface area contributed by atoms with Crippen LogP contribution in [0.4, 0.5) is 5.95 Å². The summed E-state index contributed by atoms with van der Waals surface area (Å²) in [5, 5.41) is 0.725. The number of nitrogens with two attached hydrogens (primary N) is 1. The van der Waals surface area contributed by atoms with Crippen molar-refractivity contribution in [1.82, 2.24) is 15.0 Å². The maximum absolute atomic E-state index is 11.8. The van der Waals surface area contributed by atoms with Gasteiger partial charge in [-0.2, -0.15) is 4.98 Å². The van der Waals surface area contributed by atoms with Crippen molar-refractivity contribution in [1.29, 1.82) is 0 Å². The van der Waals surface area contributed by atoms with Crippen LogP contribution >= 0.6 is 11.3 Å². The minimum absolute atomic E-state index is 0.0494. The van der Waals surface area contributed by atoms with Gasteiger partial charge in [0, 0.05) is 12.7 Å². The first-order valence-electron chi connectivity index (χ1n) is 7.01. The smallest absolute Gasteiger partial charge is 0.222 e. The predicted molar refractivity (Wildman–Crippen MR) is 91.3 cm³/mol. The van der Waals surface area contributed by atoms with Crippen molar-refractivity contribution in [3.05, 3.63) is 40.4 Å². The maximum atomic E-state index is 11.8. The van der Waals surface area contributed by atoms with E-state index >= 15 is 0 Å². The lowest BCUT2D eigenvalue weighted by Gasteiger charge is -2.00. The van der Waals surface area contributed by atoms with Gasteiger partial charge in [-0.3, -0.25) is 0 Å². The van der Waals surface area contributed by atoms with E-state index in [0.717, 1.165) is 17.7 Å². The number of thiazole rings is 1. The van der Waals surface area contributed by atoms with E-state index in [2.05, 4.69) is 39.2 Å². The Bertz CT molecular complexity index is 963. The molecule has 0 aliphatic rings. The lowest BCUT2D eigenvalue weighted by molar-refractivity contribution is 0.599. The van der Waals surface area contributed by atoms with E-state index in [9.17, 15) is 8.42 Å². The zero-order valence-corrected chi connectivity index (χ0v) is 14.4. The number of nitrogen functional groups attached to an aromatic ring is 1. The molecule has 0 bridgehead atoms. The fourth-order valence-corrected chi connectivity index (χ4v) is 3.99. The van der Waals surface area contributed by atoms with Crippen LogP contribution in [0, 0.1) is 6.92 Å². The summed E-state index contributed by atoms with van der Waals surface area (Å²) in [4.78, 5) is 12.9. The van der Waals surface area contributed by atoms with E-state index in [4.69, 9.17) is 5.73 Å². The van der Waals surface area contributed by atoms with Gasteiger partial charge in [0.05, 0.1) is 5.01 Å². The molecule has 0 amide bonds. The van der Waals surface area contributed by atoms with Crippen LogP contribution < -0.4 is 5.73 Å². The summed E-state index contributed by atoms with van der Waals surface area (Å²) < 4.78 is 23.7. The predicted octanol–water partition coefficient (Wildman–Crippen LogP) is 2.17. The van der Waals surface area contributed by atoms with Crippen molar-refractivity contribution >= 4 is 37.5 Å². The van der Waals surface area contributed by atoms with E-state index in [1.807, 2.05) is 6.92 Å². The third-order valence-electron chi connectivity index (χ3n) is 3.39. The molecule has 1 aromatic carbocycles. The molecule has 0 saturated heterocycles. The molecule has 8 heteroatoms. The average Bonchev–Trinajstić information content (AvgIpc) is 2.87. The van der Waals surface area contributed by atoms with Gasteiger partial charge in [0.2, 0.25) is 5.95 Å². The Hall–Kier alpha value is -2.06. The van der Waals surface area contributed by atoms with Crippen LogP contribution in [0.15, 0.2) is 29.3 Å². The van der Waals surface area contributed by atoms with Crippen LogP contribution in [0.2, 0.25) is 0 Å². The Morgan fingerprint density at radius 3 is 2.43 bits per heavy atom. The number of aryl methyl sites for hydroxylation is 3. The minimum atomic E-state index is -3.50. The molecular formula is C15H16N4O2S2. The molecule has 3 aromatic rings. The zero-order valence-electron chi connectivity index (χ0n) is 12.8. The molecule has 0 unspecified atom stereocenters. The first-order valence-corrected chi connectivity index (χ1v) is 9.72. The first-order chi connectivity index (χ1) is 10.8. The third-order valence-corrected chi connectivity index (χ3v) is 5.38. The Labute approximate surface area is 138 Å². The van der Waals surface area contributed by atoms with Gasteiger partial charge >= 0.3 is 0 Å². The molecule has 0 saturated carbocycles. The highest BCUT2D eigenvalue weighted by Crippen LogP contribution is 2.26. The van der Waals surface area contributed by atoms with E-state index < -0.39 is 9.84 Å². The number of hydrogen-bond donors (Lipinski definition) is 1. The molecule has 0 atom stereocenters. The average molecular weight is 348 g/mol. The molecular weight excluding hydrogens is 332 g/mol. The van der Waals surface area contributed by atoms with Gasteiger partial charge in [0.25, 0.3) is 0 Å². The summed E-state index contributed by atoms with van der Waals surface area (Å²) in [7, 11) is -3.50. The van der Waals surface area contributed by atoms with Crippen LogP contribution in [0.3, 0.4) is 0 Å². The van der Waals surface area contributed by atoms with Crippen molar-refractivity contribution in [2.75, 3.05) is 12.0 Å². The number of sulfone groups is 1. The highest BCUT2D eigenvalue weighted by Gasteiger charge is 2.19. The van der Waals surface area contributed by atoms with Gasteiger partial charge in [-0.05, 0) is 18.9 Å². The molecule has 6 nitrogen and oxygen atoms in total. The van der Waals surface area contributed by atoms with E-state index in [1.165, 1.54) is 22.5 Å². The summed E-state index contributed by atoms with van der Waals surface area (Å²) in [6, 6.07) is 8.31. The van der Waals surface area contributed by atoms with Crippen molar-refractivity contribution in [2.45, 2.75) is 24.8 Å². The molecule has 0 fully saturated rings. The van der Waals surface area contributed by atoms with Crippen molar-refractivity contribution in [3.8, 4) is 0 Å². The third kappa shape index (κ3) is 3.48. The van der Waals surface area contributed by atoms with Crippen LogP contribution in [0.5, 0.6) is 0 Å². The minimum Gasteiger partial charge on any atom is -0.368 e. The second-order valence-corrected chi connectivity index (χ2v) is 8.40. The van der Waals surface area contributed by atoms with Crippen molar-refractivity contribution in [2.24, 2.45) is 0 Å². The van der Waals surface area contributed by atoms with Crippen LogP contribution in [0.1, 0.15) is 16.1 Å². The molecule has 2 N–H and O–H groups in total. The Morgan fingerprint density at radius 2 is 1.78 bits per heavy atom. The second-order valence-electron chi connectivity index (χ2n) is 5.41. The normalized spacial score (nSPS) is 11.9. The molecule has 0 spiro atoms. The molecule has 2 aromatic heterocycles. The van der Waals surface area contributed by atoms with Crippen LogP contribution in [-0.2, 0) is 22.7 Å². The van der Waals surface area contributed by atoms with E-state index in [1.54, 1.807) is 0 Å². The standard InChI is InChI=1S/C15H16N4O2S2/c1-9-3-5-10(6-4-9)7-8-11-17-12-13(22-11)18-15(16)19-14(12)23(2,20)21/h3-6H,7-8H2,1-2H3,(H2,16,18,19). The van der Waals surface area contributed by atoms with Crippen molar-refractivity contribution in [3.63, 3.8) is 0 Å². The lowest BCUT2D eigenvalue weighted by atomic mass is 10.1. The van der Waals surface area contributed by atoms with Gasteiger partial charge in [-0.1, -0.05) is 41.2 Å². The Kier molecular flexibility index (Phi) is 4.03. The Morgan fingerprint density at radius 1 is 1.09 bits per heavy atom. The molecule has 0 aliphatic heterocycles. The highest BCUT2D eigenvalue weighted by atomic mass is 32.2. The quantitative estimate of drug-likeness (QED) is 0.726. The zero-order chi connectivity index (χ0) is 16.6. The van der Waals surface area contributed by atoms with Crippen LogP contribution in [0.25, 0.3) is 10.3 Å². The number of anilines is 1. The van der Waals surface area contributed by atoms with Crippen molar-refractivity contribution < 1.29 is 8.42 Å². The number of hydrogen-bond acceptors (Lipinski definition) is 7. The van der Waals surface area contributed by atoms with Crippen LogP contribution in [-0.4, -0.2) is 29.6 Å². The molecule has 0 aliphatic carbocycles.